The van der Waals surface area contributed by atoms with E-state index < -0.39 is 0 Å². The summed E-state index contributed by atoms with van der Waals surface area (Å²) in [6.45, 7) is 4.24. The molecule has 0 spiro atoms. The van der Waals surface area contributed by atoms with Crippen molar-refractivity contribution in [3.63, 3.8) is 0 Å². The Morgan fingerprint density at radius 3 is 1.44 bits per heavy atom. The summed E-state index contributed by atoms with van der Waals surface area (Å²) in [5.41, 5.74) is 4.09. The van der Waals surface area contributed by atoms with E-state index in [-0.39, 0.29) is 12.1 Å². The van der Waals surface area contributed by atoms with E-state index in [1.807, 2.05) is 30.6 Å². The molecule has 0 aliphatic heterocycles. The number of fused-ring (bicyclic) bond motifs is 2. The van der Waals surface area contributed by atoms with Crippen LogP contribution in [0.15, 0.2) is 113 Å². The van der Waals surface area contributed by atoms with Gasteiger partial charge in [0.05, 0.1) is 23.5 Å². The molecule has 3 nitrogen and oxygen atoms in total. The molecule has 0 amide bonds. The van der Waals surface area contributed by atoms with Crippen molar-refractivity contribution in [1.29, 1.82) is 0 Å². The summed E-state index contributed by atoms with van der Waals surface area (Å²) < 4.78 is 0. The lowest BCUT2D eigenvalue weighted by atomic mass is 10.00. The molecule has 34 heavy (non-hydrogen) atoms. The van der Waals surface area contributed by atoms with Gasteiger partial charge in [0, 0.05) is 12.4 Å². The van der Waals surface area contributed by atoms with Crippen molar-refractivity contribution in [3.8, 4) is 0 Å². The van der Waals surface area contributed by atoms with Crippen molar-refractivity contribution < 1.29 is 0 Å². The highest BCUT2D eigenvalue weighted by Crippen LogP contribution is 2.27. The van der Waals surface area contributed by atoms with E-state index in [1.54, 1.807) is 0 Å². The quantitative estimate of drug-likeness (QED) is 0.248. The van der Waals surface area contributed by atoms with Gasteiger partial charge in [-0.05, 0) is 58.7 Å². The summed E-state index contributed by atoms with van der Waals surface area (Å²) in [6, 6.07) is 35.7. The Hall–Kier alpha value is -4.11. The van der Waals surface area contributed by atoms with Crippen LogP contribution >= 0.6 is 0 Å². The van der Waals surface area contributed by atoms with Crippen LogP contribution in [0.3, 0.4) is 0 Å². The van der Waals surface area contributed by atoms with Crippen molar-refractivity contribution in [2.24, 2.45) is 9.98 Å². The van der Waals surface area contributed by atoms with E-state index in [0.717, 1.165) is 11.4 Å². The number of hydrogen-bond donors (Lipinski definition) is 0. The van der Waals surface area contributed by atoms with E-state index in [9.17, 15) is 0 Å². The summed E-state index contributed by atoms with van der Waals surface area (Å²) in [7, 11) is 0. The van der Waals surface area contributed by atoms with Gasteiger partial charge in [-0.25, -0.2) is 4.98 Å². The molecule has 3 heteroatoms. The predicted molar refractivity (Wildman–Crippen MR) is 144 cm³/mol. The Bertz CT molecular complexity index is 1380. The normalized spacial score (nSPS) is 13.7. The van der Waals surface area contributed by atoms with Crippen LogP contribution < -0.4 is 0 Å². The average molecular weight is 442 g/mol. The van der Waals surface area contributed by atoms with E-state index in [1.165, 1.54) is 32.7 Å². The third-order valence-electron chi connectivity index (χ3n) is 6.20. The minimum atomic E-state index is 0.0385. The van der Waals surface area contributed by atoms with Crippen LogP contribution in [0.1, 0.15) is 48.4 Å². The molecule has 0 N–H and O–H groups in total. The number of aliphatic imine (C=N–C) groups is 2. The first-order chi connectivity index (χ1) is 16.7. The fraction of sp³-hybridized carbons (Fsp3) is 0.129. The van der Waals surface area contributed by atoms with Gasteiger partial charge < -0.3 is 0 Å². The van der Waals surface area contributed by atoms with Crippen LogP contribution in [0.2, 0.25) is 0 Å². The fourth-order valence-corrected chi connectivity index (χ4v) is 4.38. The summed E-state index contributed by atoms with van der Waals surface area (Å²) in [5.74, 6) is 0. The highest BCUT2D eigenvalue weighted by molar-refractivity contribution is 5.88. The number of pyridine rings is 1. The molecule has 1 aromatic heterocycles. The Kier molecular flexibility index (Phi) is 6.26. The second kappa shape index (κ2) is 9.80. The van der Waals surface area contributed by atoms with Crippen LogP contribution in [0.5, 0.6) is 0 Å². The van der Waals surface area contributed by atoms with Gasteiger partial charge in [-0.2, -0.15) is 0 Å². The zero-order valence-corrected chi connectivity index (χ0v) is 19.5. The van der Waals surface area contributed by atoms with E-state index in [2.05, 4.69) is 98.8 Å². The van der Waals surface area contributed by atoms with Gasteiger partial charge in [-0.1, -0.05) is 91.0 Å². The van der Waals surface area contributed by atoms with Gasteiger partial charge >= 0.3 is 0 Å². The summed E-state index contributed by atoms with van der Waals surface area (Å²) in [4.78, 5) is 14.3. The zero-order chi connectivity index (χ0) is 23.3. The Morgan fingerprint density at radius 1 is 0.529 bits per heavy atom. The average Bonchev–Trinajstić information content (AvgIpc) is 2.90. The highest BCUT2D eigenvalue weighted by atomic mass is 14.8. The maximum absolute atomic E-state index is 4.80. The lowest BCUT2D eigenvalue weighted by Crippen LogP contribution is -1.98. The minimum absolute atomic E-state index is 0.0385. The predicted octanol–water partition coefficient (Wildman–Crippen LogP) is 7.75. The second-order valence-corrected chi connectivity index (χ2v) is 8.53. The molecule has 2 atom stereocenters. The molecule has 0 bridgehead atoms. The SMILES string of the molecule is C[C@@H](N=Cc1cccc(C=N[C@H](C)c2cccc3ccccc23)n1)c1cccc2ccccc12. The zero-order valence-electron chi connectivity index (χ0n) is 19.5. The summed E-state index contributed by atoms with van der Waals surface area (Å²) in [6.07, 6.45) is 3.72. The van der Waals surface area contributed by atoms with Crippen molar-refractivity contribution >= 4 is 34.0 Å². The maximum atomic E-state index is 4.80. The second-order valence-electron chi connectivity index (χ2n) is 8.53. The van der Waals surface area contributed by atoms with Crippen LogP contribution in [0.4, 0.5) is 0 Å². The smallest absolute Gasteiger partial charge is 0.0816 e. The van der Waals surface area contributed by atoms with Gasteiger partial charge in [0.2, 0.25) is 0 Å². The third kappa shape index (κ3) is 4.65. The molecule has 5 rings (SSSR count). The number of nitrogens with zero attached hydrogens (tertiary/aromatic N) is 3. The Balaban J connectivity index is 1.34. The minimum Gasteiger partial charge on any atom is -0.283 e. The first kappa shape index (κ1) is 21.7. The molecule has 0 saturated heterocycles. The van der Waals surface area contributed by atoms with Gasteiger partial charge in [-0.3, -0.25) is 9.98 Å². The molecule has 1 heterocycles. The largest absolute Gasteiger partial charge is 0.283 e. The van der Waals surface area contributed by atoms with Crippen LogP contribution in [-0.2, 0) is 0 Å². The molecule has 0 aliphatic carbocycles. The third-order valence-corrected chi connectivity index (χ3v) is 6.20. The van der Waals surface area contributed by atoms with Crippen molar-refractivity contribution in [1.82, 2.24) is 4.98 Å². The molecular weight excluding hydrogens is 414 g/mol. The van der Waals surface area contributed by atoms with E-state index >= 15 is 0 Å². The lowest BCUT2D eigenvalue weighted by molar-refractivity contribution is 0.831. The van der Waals surface area contributed by atoms with Crippen molar-refractivity contribution in [3.05, 3.63) is 126 Å². The van der Waals surface area contributed by atoms with Gasteiger partial charge in [-0.15, -0.1) is 0 Å². The van der Waals surface area contributed by atoms with Crippen molar-refractivity contribution in [2.45, 2.75) is 25.9 Å². The summed E-state index contributed by atoms with van der Waals surface area (Å²) >= 11 is 0. The van der Waals surface area contributed by atoms with Crippen molar-refractivity contribution in [2.75, 3.05) is 0 Å². The van der Waals surface area contributed by atoms with Crippen LogP contribution in [-0.4, -0.2) is 17.4 Å². The fourth-order valence-electron chi connectivity index (χ4n) is 4.38. The van der Waals surface area contributed by atoms with Crippen LogP contribution in [0.25, 0.3) is 21.5 Å². The van der Waals surface area contributed by atoms with Gasteiger partial charge in [0.15, 0.2) is 0 Å². The van der Waals surface area contributed by atoms with Gasteiger partial charge in [0.1, 0.15) is 0 Å². The standard InChI is InChI=1S/C31H27N3/c1-22(28-18-7-12-24-10-3-5-16-30(24)28)32-20-26-14-9-15-27(34-26)21-33-23(2)29-19-8-13-25-11-4-6-17-31(25)29/h3-23H,1-2H3/t22-,23-/m1/s1. The Morgan fingerprint density at radius 2 is 0.941 bits per heavy atom. The first-order valence-corrected chi connectivity index (χ1v) is 11.7. The molecule has 5 aromatic rings. The molecule has 0 radical (unpaired) electrons. The monoisotopic (exact) mass is 441 g/mol. The van der Waals surface area contributed by atoms with Crippen LogP contribution in [0, 0.1) is 0 Å². The molecule has 0 saturated carbocycles. The first-order valence-electron chi connectivity index (χ1n) is 11.7. The number of benzene rings is 4. The number of aromatic nitrogens is 1. The molecule has 0 aliphatic rings. The van der Waals surface area contributed by atoms with E-state index in [4.69, 9.17) is 15.0 Å². The number of hydrogen-bond acceptors (Lipinski definition) is 3. The molecule has 0 fully saturated rings. The highest BCUT2D eigenvalue weighted by Gasteiger charge is 2.08. The molecule has 0 unspecified atom stereocenters. The molecule has 166 valence electrons. The van der Waals surface area contributed by atoms with E-state index in [0.29, 0.717) is 0 Å². The molecular formula is C31H27N3. The Labute approximate surface area is 200 Å². The lowest BCUT2D eigenvalue weighted by Gasteiger charge is -2.11. The number of rotatable bonds is 6. The summed E-state index contributed by atoms with van der Waals surface area (Å²) in [5, 5.41) is 4.95. The molecule has 4 aromatic carbocycles. The van der Waals surface area contributed by atoms with Gasteiger partial charge in [0.25, 0.3) is 0 Å². The maximum Gasteiger partial charge on any atom is 0.0816 e. The topological polar surface area (TPSA) is 37.6 Å².